The summed E-state index contributed by atoms with van der Waals surface area (Å²) < 4.78 is 0. The van der Waals surface area contributed by atoms with Gasteiger partial charge in [-0.25, -0.2) is 0 Å². The van der Waals surface area contributed by atoms with E-state index in [4.69, 9.17) is 5.11 Å². The Hall–Kier alpha value is -1.55. The number of nitrogens with one attached hydrogen (secondary N) is 1. The molecular formula is C15H22N2O2. The van der Waals surface area contributed by atoms with E-state index < -0.39 is 5.97 Å². The number of piperazine rings is 1. The molecule has 19 heavy (non-hydrogen) atoms. The molecule has 4 heteroatoms. The van der Waals surface area contributed by atoms with Crippen LogP contribution in [-0.2, 0) is 11.2 Å². The largest absolute Gasteiger partial charge is 0.481 e. The maximum Gasteiger partial charge on any atom is 0.305 e. The van der Waals surface area contributed by atoms with Gasteiger partial charge < -0.3 is 15.3 Å². The fourth-order valence-corrected chi connectivity index (χ4v) is 2.76. The van der Waals surface area contributed by atoms with Gasteiger partial charge in [0.15, 0.2) is 0 Å². The zero-order valence-electron chi connectivity index (χ0n) is 11.6. The molecule has 2 N–H and O–H groups in total. The van der Waals surface area contributed by atoms with Gasteiger partial charge >= 0.3 is 5.97 Å². The van der Waals surface area contributed by atoms with Gasteiger partial charge in [0.1, 0.15) is 0 Å². The van der Waals surface area contributed by atoms with Crippen molar-refractivity contribution in [3.8, 4) is 0 Å². The quantitative estimate of drug-likeness (QED) is 0.870. The standard InChI is InChI=1S/C15H22N2O2/c1-3-12-4-6-13(7-5-12)17-11(2)9-16-10-14(17)8-15(18)19/h4-7,11,14,16H,3,8-10H2,1-2H3,(H,18,19). The number of hydrogen-bond acceptors (Lipinski definition) is 3. The minimum absolute atomic E-state index is 0.0220. The molecule has 0 amide bonds. The molecule has 1 aromatic carbocycles. The van der Waals surface area contributed by atoms with E-state index in [1.165, 1.54) is 5.56 Å². The van der Waals surface area contributed by atoms with Gasteiger partial charge in [0, 0.05) is 24.8 Å². The second-order valence-electron chi connectivity index (χ2n) is 5.19. The average molecular weight is 262 g/mol. The SMILES string of the molecule is CCc1ccc(N2C(C)CNCC2CC(=O)O)cc1. The topological polar surface area (TPSA) is 52.6 Å². The van der Waals surface area contributed by atoms with Crippen LogP contribution in [0, 0.1) is 0 Å². The molecule has 1 aliphatic rings. The number of aliphatic carboxylic acids is 1. The summed E-state index contributed by atoms with van der Waals surface area (Å²) in [5.74, 6) is -0.740. The van der Waals surface area contributed by atoms with Crippen molar-refractivity contribution >= 4 is 11.7 Å². The monoisotopic (exact) mass is 262 g/mol. The first kappa shape index (κ1) is 13.9. The Balaban J connectivity index is 2.22. The lowest BCUT2D eigenvalue weighted by Crippen LogP contribution is -2.57. The highest BCUT2D eigenvalue weighted by molar-refractivity contribution is 5.69. The minimum Gasteiger partial charge on any atom is -0.481 e. The van der Waals surface area contributed by atoms with Crippen LogP contribution in [0.15, 0.2) is 24.3 Å². The van der Waals surface area contributed by atoms with Crippen molar-refractivity contribution in [3.63, 3.8) is 0 Å². The number of nitrogens with zero attached hydrogens (tertiary/aromatic N) is 1. The fourth-order valence-electron chi connectivity index (χ4n) is 2.76. The number of carboxylic acids is 1. The van der Waals surface area contributed by atoms with E-state index in [0.717, 1.165) is 25.2 Å². The van der Waals surface area contributed by atoms with Crippen LogP contribution in [0.1, 0.15) is 25.8 Å². The Morgan fingerprint density at radius 2 is 2.05 bits per heavy atom. The molecular weight excluding hydrogens is 240 g/mol. The van der Waals surface area contributed by atoms with Crippen molar-refractivity contribution in [2.45, 2.75) is 38.8 Å². The number of hydrogen-bond donors (Lipinski definition) is 2. The number of rotatable bonds is 4. The highest BCUT2D eigenvalue weighted by Gasteiger charge is 2.29. The maximum atomic E-state index is 11.0. The van der Waals surface area contributed by atoms with E-state index in [2.05, 4.69) is 48.3 Å². The number of benzene rings is 1. The Labute approximate surface area is 114 Å². The van der Waals surface area contributed by atoms with E-state index in [-0.39, 0.29) is 12.5 Å². The van der Waals surface area contributed by atoms with Crippen LogP contribution in [0.25, 0.3) is 0 Å². The van der Waals surface area contributed by atoms with Crippen LogP contribution < -0.4 is 10.2 Å². The molecule has 4 nitrogen and oxygen atoms in total. The van der Waals surface area contributed by atoms with Crippen LogP contribution >= 0.6 is 0 Å². The Bertz CT molecular complexity index is 430. The predicted molar refractivity (Wildman–Crippen MR) is 76.7 cm³/mol. The van der Waals surface area contributed by atoms with Crippen LogP contribution in [0.2, 0.25) is 0 Å². The van der Waals surface area contributed by atoms with Gasteiger partial charge in [0.2, 0.25) is 0 Å². The summed E-state index contributed by atoms with van der Waals surface area (Å²) >= 11 is 0. The van der Waals surface area contributed by atoms with E-state index in [1.807, 2.05) is 0 Å². The molecule has 104 valence electrons. The van der Waals surface area contributed by atoms with Crippen molar-refractivity contribution < 1.29 is 9.90 Å². The smallest absolute Gasteiger partial charge is 0.305 e. The molecule has 1 fully saturated rings. The van der Waals surface area contributed by atoms with Gasteiger partial charge in [-0.2, -0.15) is 0 Å². The number of carbonyl (C=O) groups is 1. The van der Waals surface area contributed by atoms with Gasteiger partial charge in [-0.3, -0.25) is 4.79 Å². The molecule has 1 aliphatic heterocycles. The van der Waals surface area contributed by atoms with E-state index in [9.17, 15) is 4.79 Å². The van der Waals surface area contributed by atoms with Crippen molar-refractivity contribution in [3.05, 3.63) is 29.8 Å². The molecule has 0 aromatic heterocycles. The molecule has 1 aromatic rings. The Kier molecular flexibility index (Phi) is 4.43. The Morgan fingerprint density at radius 1 is 1.37 bits per heavy atom. The predicted octanol–water partition coefficient (Wildman–Crippen LogP) is 1.89. The third-order valence-corrected chi connectivity index (χ3v) is 3.74. The first-order valence-electron chi connectivity index (χ1n) is 6.91. The molecule has 0 radical (unpaired) electrons. The molecule has 0 aliphatic carbocycles. The van der Waals surface area contributed by atoms with E-state index >= 15 is 0 Å². The summed E-state index contributed by atoms with van der Waals surface area (Å²) in [6.45, 7) is 5.89. The Morgan fingerprint density at radius 3 is 2.63 bits per heavy atom. The molecule has 0 spiro atoms. The van der Waals surface area contributed by atoms with Gasteiger partial charge in [-0.05, 0) is 31.0 Å². The fraction of sp³-hybridized carbons (Fsp3) is 0.533. The lowest BCUT2D eigenvalue weighted by Gasteiger charge is -2.42. The first-order chi connectivity index (χ1) is 9.11. The van der Waals surface area contributed by atoms with E-state index in [1.54, 1.807) is 0 Å². The highest BCUT2D eigenvalue weighted by Crippen LogP contribution is 2.24. The van der Waals surface area contributed by atoms with Crippen molar-refractivity contribution in [2.75, 3.05) is 18.0 Å². The molecule has 0 bridgehead atoms. The van der Waals surface area contributed by atoms with Crippen molar-refractivity contribution in [2.24, 2.45) is 0 Å². The van der Waals surface area contributed by atoms with Crippen molar-refractivity contribution in [1.82, 2.24) is 5.32 Å². The molecule has 2 atom stereocenters. The second-order valence-corrected chi connectivity index (χ2v) is 5.19. The zero-order valence-corrected chi connectivity index (χ0v) is 11.6. The highest BCUT2D eigenvalue weighted by atomic mass is 16.4. The summed E-state index contributed by atoms with van der Waals surface area (Å²) in [7, 11) is 0. The lowest BCUT2D eigenvalue weighted by molar-refractivity contribution is -0.137. The summed E-state index contributed by atoms with van der Waals surface area (Å²) in [5.41, 5.74) is 2.43. The summed E-state index contributed by atoms with van der Waals surface area (Å²) in [5, 5.41) is 12.4. The number of anilines is 1. The van der Waals surface area contributed by atoms with Crippen LogP contribution in [0.4, 0.5) is 5.69 Å². The lowest BCUT2D eigenvalue weighted by atomic mass is 10.0. The van der Waals surface area contributed by atoms with Crippen LogP contribution in [-0.4, -0.2) is 36.2 Å². The normalized spacial score (nSPS) is 23.4. The van der Waals surface area contributed by atoms with Gasteiger partial charge in [-0.15, -0.1) is 0 Å². The summed E-state index contributed by atoms with van der Waals surface area (Å²) in [6.07, 6.45) is 1.20. The molecule has 1 heterocycles. The molecule has 2 rings (SSSR count). The van der Waals surface area contributed by atoms with Crippen LogP contribution in [0.3, 0.4) is 0 Å². The van der Waals surface area contributed by atoms with Crippen molar-refractivity contribution in [1.29, 1.82) is 0 Å². The number of aryl methyl sites for hydroxylation is 1. The first-order valence-corrected chi connectivity index (χ1v) is 6.91. The summed E-state index contributed by atoms with van der Waals surface area (Å²) in [4.78, 5) is 13.2. The number of carboxylic acid groups (broad SMARTS) is 1. The second kappa shape index (κ2) is 6.06. The summed E-state index contributed by atoms with van der Waals surface area (Å²) in [6, 6.07) is 8.80. The minimum atomic E-state index is -0.740. The van der Waals surface area contributed by atoms with Gasteiger partial charge in [0.25, 0.3) is 0 Å². The zero-order chi connectivity index (χ0) is 13.8. The third-order valence-electron chi connectivity index (χ3n) is 3.74. The molecule has 0 saturated carbocycles. The third kappa shape index (κ3) is 3.26. The molecule has 1 saturated heterocycles. The van der Waals surface area contributed by atoms with E-state index in [0.29, 0.717) is 6.04 Å². The van der Waals surface area contributed by atoms with Crippen LogP contribution in [0.5, 0.6) is 0 Å². The molecule has 2 unspecified atom stereocenters. The van der Waals surface area contributed by atoms with Gasteiger partial charge in [-0.1, -0.05) is 19.1 Å². The van der Waals surface area contributed by atoms with Gasteiger partial charge in [0.05, 0.1) is 12.5 Å². The average Bonchev–Trinajstić information content (AvgIpc) is 2.38. The maximum absolute atomic E-state index is 11.0.